The number of hydrogen-bond donors (Lipinski definition) is 0. The monoisotopic (exact) mass is 344 g/mol. The second-order valence-electron chi connectivity index (χ2n) is 6.44. The summed E-state index contributed by atoms with van der Waals surface area (Å²) in [5.41, 5.74) is 1.46. The summed E-state index contributed by atoms with van der Waals surface area (Å²) in [4.78, 5) is 16.5. The van der Waals surface area contributed by atoms with Gasteiger partial charge in [-0.1, -0.05) is 44.7 Å². The molecule has 1 aromatic carbocycles. The second kappa shape index (κ2) is 6.39. The van der Waals surface area contributed by atoms with Crippen molar-refractivity contribution in [2.45, 2.75) is 38.3 Å². The third-order valence-corrected chi connectivity index (χ3v) is 4.41. The maximum Gasteiger partial charge on any atom is 0.316 e. The molecule has 2 heterocycles. The first-order valence-electron chi connectivity index (χ1n) is 7.84. The highest BCUT2D eigenvalue weighted by Crippen LogP contribution is 2.29. The Kier molecular flexibility index (Phi) is 4.45. The predicted molar refractivity (Wildman–Crippen MR) is 94.3 cm³/mol. The third-order valence-electron chi connectivity index (χ3n) is 3.51. The molecule has 0 fully saturated rings. The van der Waals surface area contributed by atoms with Crippen molar-refractivity contribution in [3.63, 3.8) is 0 Å². The number of carbonyl (C=O) groups excluding carboxylic acids is 1. The quantitative estimate of drug-likeness (QED) is 0.535. The van der Waals surface area contributed by atoms with Crippen molar-refractivity contribution in [2.24, 2.45) is 0 Å². The Bertz CT molecular complexity index is 899. The van der Waals surface area contributed by atoms with Gasteiger partial charge in [-0.2, -0.15) is 0 Å². The van der Waals surface area contributed by atoms with E-state index in [-0.39, 0.29) is 17.1 Å². The molecule has 0 aliphatic carbocycles. The SMILES string of the molecule is CCOC(=O)CSc1nnc2c3ccccc3nc(C(C)(C)C)n12. The number of thioether (sulfide) groups is 1. The van der Waals surface area contributed by atoms with Gasteiger partial charge in [0, 0.05) is 10.8 Å². The average molecular weight is 344 g/mol. The van der Waals surface area contributed by atoms with Crippen LogP contribution < -0.4 is 0 Å². The number of hydrogen-bond acceptors (Lipinski definition) is 6. The summed E-state index contributed by atoms with van der Waals surface area (Å²) in [6.07, 6.45) is 0. The average Bonchev–Trinajstić information content (AvgIpc) is 2.95. The normalized spacial score (nSPS) is 12.0. The Morgan fingerprint density at radius 3 is 2.71 bits per heavy atom. The lowest BCUT2D eigenvalue weighted by Crippen LogP contribution is -2.19. The molecular formula is C17H20N4O2S. The molecule has 0 amide bonds. The molecule has 0 aliphatic heterocycles. The van der Waals surface area contributed by atoms with E-state index in [1.807, 2.05) is 28.7 Å². The molecule has 7 heteroatoms. The van der Waals surface area contributed by atoms with Crippen LogP contribution in [0.2, 0.25) is 0 Å². The highest BCUT2D eigenvalue weighted by Gasteiger charge is 2.24. The molecule has 0 radical (unpaired) electrons. The molecule has 6 nitrogen and oxygen atoms in total. The molecule has 0 N–H and O–H groups in total. The number of nitrogens with zero attached hydrogens (tertiary/aromatic N) is 4. The van der Waals surface area contributed by atoms with Crippen LogP contribution in [0.1, 0.15) is 33.5 Å². The number of rotatable bonds is 4. The van der Waals surface area contributed by atoms with Gasteiger partial charge < -0.3 is 4.74 Å². The Hall–Kier alpha value is -2.15. The predicted octanol–water partition coefficient (Wildman–Crippen LogP) is 3.23. The lowest BCUT2D eigenvalue weighted by molar-refractivity contribution is -0.139. The minimum Gasteiger partial charge on any atom is -0.465 e. The summed E-state index contributed by atoms with van der Waals surface area (Å²) in [5.74, 6) is 0.809. The van der Waals surface area contributed by atoms with E-state index in [9.17, 15) is 4.79 Å². The van der Waals surface area contributed by atoms with Crippen molar-refractivity contribution in [1.29, 1.82) is 0 Å². The molecule has 0 unspecified atom stereocenters. The molecule has 3 aromatic rings. The van der Waals surface area contributed by atoms with E-state index >= 15 is 0 Å². The molecule has 2 aromatic heterocycles. The number of benzene rings is 1. The summed E-state index contributed by atoms with van der Waals surface area (Å²) < 4.78 is 6.94. The minimum absolute atomic E-state index is 0.191. The Labute approximate surface area is 144 Å². The molecule has 3 rings (SSSR count). The van der Waals surface area contributed by atoms with E-state index < -0.39 is 0 Å². The first-order valence-corrected chi connectivity index (χ1v) is 8.83. The first kappa shape index (κ1) is 16.7. The Morgan fingerprint density at radius 1 is 1.25 bits per heavy atom. The van der Waals surface area contributed by atoms with Gasteiger partial charge in [-0.15, -0.1) is 10.2 Å². The molecule has 126 valence electrons. The van der Waals surface area contributed by atoms with Crippen molar-refractivity contribution in [2.75, 3.05) is 12.4 Å². The molecular weight excluding hydrogens is 324 g/mol. The highest BCUT2D eigenvalue weighted by molar-refractivity contribution is 7.99. The molecule has 0 saturated heterocycles. The van der Waals surface area contributed by atoms with E-state index in [1.54, 1.807) is 6.92 Å². The van der Waals surface area contributed by atoms with Crippen LogP contribution in [0.4, 0.5) is 0 Å². The summed E-state index contributed by atoms with van der Waals surface area (Å²) in [6.45, 7) is 8.47. The van der Waals surface area contributed by atoms with Gasteiger partial charge in [0.25, 0.3) is 0 Å². The largest absolute Gasteiger partial charge is 0.465 e. The molecule has 24 heavy (non-hydrogen) atoms. The summed E-state index contributed by atoms with van der Waals surface area (Å²) in [6, 6.07) is 7.88. The number of para-hydroxylation sites is 1. The Balaban J connectivity index is 2.14. The number of aromatic nitrogens is 4. The van der Waals surface area contributed by atoms with Gasteiger partial charge in [0.05, 0.1) is 17.9 Å². The van der Waals surface area contributed by atoms with Crippen LogP contribution in [0.3, 0.4) is 0 Å². The van der Waals surface area contributed by atoms with Gasteiger partial charge in [0.2, 0.25) is 0 Å². The topological polar surface area (TPSA) is 69.4 Å². The number of ether oxygens (including phenoxy) is 1. The van der Waals surface area contributed by atoms with Gasteiger partial charge in [0.15, 0.2) is 10.8 Å². The smallest absolute Gasteiger partial charge is 0.316 e. The number of carbonyl (C=O) groups is 1. The van der Waals surface area contributed by atoms with Gasteiger partial charge >= 0.3 is 5.97 Å². The molecule has 0 bridgehead atoms. The lowest BCUT2D eigenvalue weighted by Gasteiger charge is -2.20. The highest BCUT2D eigenvalue weighted by atomic mass is 32.2. The Morgan fingerprint density at radius 2 is 2.00 bits per heavy atom. The van der Waals surface area contributed by atoms with Gasteiger partial charge in [0.1, 0.15) is 5.82 Å². The number of esters is 1. The zero-order chi connectivity index (χ0) is 17.3. The van der Waals surface area contributed by atoms with Crippen LogP contribution in [0, 0.1) is 0 Å². The fourth-order valence-electron chi connectivity index (χ4n) is 2.48. The summed E-state index contributed by atoms with van der Waals surface area (Å²) >= 11 is 1.32. The van der Waals surface area contributed by atoms with Crippen LogP contribution in [0.15, 0.2) is 29.4 Å². The van der Waals surface area contributed by atoms with Gasteiger partial charge in [-0.05, 0) is 19.1 Å². The van der Waals surface area contributed by atoms with Gasteiger partial charge in [-0.25, -0.2) is 4.98 Å². The fraction of sp³-hybridized carbons (Fsp3) is 0.412. The van der Waals surface area contributed by atoms with Gasteiger partial charge in [-0.3, -0.25) is 9.20 Å². The van der Waals surface area contributed by atoms with Crippen molar-refractivity contribution in [3.8, 4) is 0 Å². The van der Waals surface area contributed by atoms with Crippen molar-refractivity contribution in [3.05, 3.63) is 30.1 Å². The van der Waals surface area contributed by atoms with E-state index in [2.05, 4.69) is 31.0 Å². The van der Waals surface area contributed by atoms with Crippen LogP contribution in [0.5, 0.6) is 0 Å². The third kappa shape index (κ3) is 3.08. The van der Waals surface area contributed by atoms with Crippen LogP contribution in [0.25, 0.3) is 16.6 Å². The molecule has 0 atom stereocenters. The zero-order valence-electron chi connectivity index (χ0n) is 14.2. The second-order valence-corrected chi connectivity index (χ2v) is 7.38. The van der Waals surface area contributed by atoms with Crippen LogP contribution in [-0.4, -0.2) is 37.9 Å². The van der Waals surface area contributed by atoms with Crippen molar-refractivity contribution < 1.29 is 9.53 Å². The standard InChI is InChI=1S/C17H20N4O2S/c1-5-23-13(22)10-24-16-20-19-14-11-8-6-7-9-12(11)18-15(21(14)16)17(2,3)4/h6-9H,5,10H2,1-4H3. The van der Waals surface area contributed by atoms with Crippen molar-refractivity contribution in [1.82, 2.24) is 19.6 Å². The molecule has 0 aliphatic rings. The maximum absolute atomic E-state index is 11.7. The minimum atomic E-state index is -0.259. The summed E-state index contributed by atoms with van der Waals surface area (Å²) in [5, 5.41) is 10.2. The first-order chi connectivity index (χ1) is 11.4. The molecule has 0 spiro atoms. The molecule has 0 saturated carbocycles. The summed E-state index contributed by atoms with van der Waals surface area (Å²) in [7, 11) is 0. The van der Waals surface area contributed by atoms with E-state index in [0.717, 1.165) is 22.4 Å². The van der Waals surface area contributed by atoms with E-state index in [1.165, 1.54) is 11.8 Å². The zero-order valence-corrected chi connectivity index (χ0v) is 15.1. The van der Waals surface area contributed by atoms with E-state index in [4.69, 9.17) is 9.72 Å². The maximum atomic E-state index is 11.7. The van der Waals surface area contributed by atoms with Crippen molar-refractivity contribution >= 4 is 34.3 Å². The lowest BCUT2D eigenvalue weighted by atomic mass is 9.95. The van der Waals surface area contributed by atoms with Crippen LogP contribution in [-0.2, 0) is 14.9 Å². The van der Waals surface area contributed by atoms with Crippen LogP contribution >= 0.6 is 11.8 Å². The fourth-order valence-corrected chi connectivity index (χ4v) is 3.21. The number of fused-ring (bicyclic) bond motifs is 3. The van der Waals surface area contributed by atoms with E-state index in [0.29, 0.717) is 11.8 Å².